The van der Waals surface area contributed by atoms with Gasteiger partial charge in [-0.15, -0.1) is 0 Å². The molecule has 1 N–H and O–H groups in total. The van der Waals surface area contributed by atoms with E-state index in [9.17, 15) is 0 Å². The molecule has 1 aromatic carbocycles. The standard InChI is InChI=1S/C7H6Cl3N/c1-11-4-2-5(8)7(10)6(9)3-4/h2-3,11H,1H3. The van der Waals surface area contributed by atoms with Crippen molar-refractivity contribution in [3.05, 3.63) is 27.2 Å². The van der Waals surface area contributed by atoms with Gasteiger partial charge in [0.1, 0.15) is 0 Å². The van der Waals surface area contributed by atoms with Gasteiger partial charge in [-0.25, -0.2) is 0 Å². The number of halogens is 3. The lowest BCUT2D eigenvalue weighted by molar-refractivity contribution is 1.51. The van der Waals surface area contributed by atoms with Gasteiger partial charge in [0.05, 0.1) is 15.1 Å². The zero-order valence-electron chi connectivity index (χ0n) is 5.79. The van der Waals surface area contributed by atoms with Crippen molar-refractivity contribution in [2.75, 3.05) is 12.4 Å². The Hall–Kier alpha value is -0.110. The molecule has 0 bridgehead atoms. The first-order valence-electron chi connectivity index (χ1n) is 2.97. The molecule has 0 unspecified atom stereocenters. The molecule has 0 aliphatic heterocycles. The number of nitrogens with one attached hydrogen (secondary N) is 1. The molecular weight excluding hydrogens is 204 g/mol. The van der Waals surface area contributed by atoms with Crippen LogP contribution in [0.15, 0.2) is 12.1 Å². The molecule has 0 amide bonds. The van der Waals surface area contributed by atoms with Crippen molar-refractivity contribution < 1.29 is 0 Å². The summed E-state index contributed by atoms with van der Waals surface area (Å²) >= 11 is 17.2. The molecule has 0 atom stereocenters. The summed E-state index contributed by atoms with van der Waals surface area (Å²) in [7, 11) is 1.79. The van der Waals surface area contributed by atoms with E-state index in [1.807, 2.05) is 0 Å². The van der Waals surface area contributed by atoms with Gasteiger partial charge in [0.15, 0.2) is 0 Å². The van der Waals surface area contributed by atoms with Crippen LogP contribution in [-0.2, 0) is 0 Å². The van der Waals surface area contributed by atoms with Crippen molar-refractivity contribution in [3.8, 4) is 0 Å². The second kappa shape index (κ2) is 3.53. The molecule has 0 saturated heterocycles. The van der Waals surface area contributed by atoms with Crippen LogP contribution in [-0.4, -0.2) is 7.05 Å². The molecule has 0 aromatic heterocycles. The van der Waals surface area contributed by atoms with Crippen LogP contribution in [0.4, 0.5) is 5.69 Å². The van der Waals surface area contributed by atoms with Crippen molar-refractivity contribution in [3.63, 3.8) is 0 Å². The monoisotopic (exact) mass is 209 g/mol. The van der Waals surface area contributed by atoms with Crippen LogP contribution in [0.25, 0.3) is 0 Å². The first-order chi connectivity index (χ1) is 5.15. The maximum atomic E-state index is 5.74. The molecule has 1 nitrogen and oxygen atoms in total. The zero-order chi connectivity index (χ0) is 8.43. The van der Waals surface area contributed by atoms with Gasteiger partial charge < -0.3 is 5.32 Å². The van der Waals surface area contributed by atoms with Gasteiger partial charge in [-0.05, 0) is 12.1 Å². The fraction of sp³-hybridized carbons (Fsp3) is 0.143. The molecule has 0 fully saturated rings. The van der Waals surface area contributed by atoms with Crippen molar-refractivity contribution in [2.24, 2.45) is 0 Å². The lowest BCUT2D eigenvalue weighted by atomic mass is 10.3. The van der Waals surface area contributed by atoms with Crippen molar-refractivity contribution in [1.82, 2.24) is 0 Å². The van der Waals surface area contributed by atoms with Crippen molar-refractivity contribution >= 4 is 40.5 Å². The van der Waals surface area contributed by atoms with Crippen LogP contribution in [0.3, 0.4) is 0 Å². The number of rotatable bonds is 1. The van der Waals surface area contributed by atoms with Crippen LogP contribution in [0, 0.1) is 0 Å². The van der Waals surface area contributed by atoms with Crippen LogP contribution in [0.1, 0.15) is 0 Å². The molecule has 0 aliphatic carbocycles. The van der Waals surface area contributed by atoms with Crippen LogP contribution < -0.4 is 5.32 Å². The SMILES string of the molecule is CNc1cc(Cl)c(Cl)c(Cl)c1. The Labute approximate surface area is 80.3 Å². The molecule has 11 heavy (non-hydrogen) atoms. The van der Waals surface area contributed by atoms with E-state index < -0.39 is 0 Å². The Morgan fingerprint density at radius 2 is 1.55 bits per heavy atom. The third-order valence-corrected chi connectivity index (χ3v) is 2.47. The second-order valence-corrected chi connectivity index (χ2v) is 3.20. The largest absolute Gasteiger partial charge is 0.388 e. The predicted octanol–water partition coefficient (Wildman–Crippen LogP) is 3.69. The summed E-state index contributed by atoms with van der Waals surface area (Å²) in [4.78, 5) is 0. The molecule has 0 heterocycles. The van der Waals surface area contributed by atoms with Crippen molar-refractivity contribution in [2.45, 2.75) is 0 Å². The predicted molar refractivity (Wildman–Crippen MR) is 51.0 cm³/mol. The van der Waals surface area contributed by atoms with Gasteiger partial charge in [0.2, 0.25) is 0 Å². The fourth-order valence-electron chi connectivity index (χ4n) is 0.700. The van der Waals surface area contributed by atoms with E-state index in [1.54, 1.807) is 19.2 Å². The van der Waals surface area contributed by atoms with Gasteiger partial charge in [0, 0.05) is 12.7 Å². The Morgan fingerprint density at radius 3 is 1.91 bits per heavy atom. The van der Waals surface area contributed by atoms with E-state index >= 15 is 0 Å². The number of benzene rings is 1. The number of hydrogen-bond acceptors (Lipinski definition) is 1. The lowest BCUT2D eigenvalue weighted by Crippen LogP contribution is -1.87. The molecule has 4 heteroatoms. The van der Waals surface area contributed by atoms with Gasteiger partial charge in [-0.3, -0.25) is 0 Å². The molecule has 0 aliphatic rings. The van der Waals surface area contributed by atoms with E-state index in [2.05, 4.69) is 5.32 Å². The summed E-state index contributed by atoms with van der Waals surface area (Å²) in [5, 5.41) is 4.23. The van der Waals surface area contributed by atoms with Crippen LogP contribution in [0.5, 0.6) is 0 Å². The normalized spacial score (nSPS) is 9.82. The third-order valence-electron chi connectivity index (χ3n) is 1.27. The summed E-state index contributed by atoms with van der Waals surface area (Å²) in [5.41, 5.74) is 0.851. The highest BCUT2D eigenvalue weighted by molar-refractivity contribution is 6.48. The lowest BCUT2D eigenvalue weighted by Gasteiger charge is -2.03. The zero-order valence-corrected chi connectivity index (χ0v) is 8.06. The van der Waals surface area contributed by atoms with E-state index in [0.717, 1.165) is 5.69 Å². The summed E-state index contributed by atoms with van der Waals surface area (Å²) < 4.78 is 0. The topological polar surface area (TPSA) is 12.0 Å². The molecule has 1 rings (SSSR count). The molecule has 60 valence electrons. The first kappa shape index (κ1) is 8.98. The quantitative estimate of drug-likeness (QED) is 0.697. The summed E-state index contributed by atoms with van der Waals surface area (Å²) in [6.07, 6.45) is 0. The van der Waals surface area contributed by atoms with Crippen LogP contribution in [0.2, 0.25) is 15.1 Å². The average Bonchev–Trinajstić information content (AvgIpc) is 1.99. The summed E-state index contributed by atoms with van der Waals surface area (Å²) in [6, 6.07) is 3.44. The van der Waals surface area contributed by atoms with E-state index in [4.69, 9.17) is 34.8 Å². The maximum absolute atomic E-state index is 5.74. The third kappa shape index (κ3) is 1.92. The first-order valence-corrected chi connectivity index (χ1v) is 4.11. The number of anilines is 1. The molecule has 0 saturated carbocycles. The van der Waals surface area contributed by atoms with E-state index in [-0.39, 0.29) is 0 Å². The van der Waals surface area contributed by atoms with E-state index in [1.165, 1.54) is 0 Å². The van der Waals surface area contributed by atoms with Gasteiger partial charge in [-0.1, -0.05) is 34.8 Å². The van der Waals surface area contributed by atoms with Gasteiger partial charge >= 0.3 is 0 Å². The highest BCUT2D eigenvalue weighted by Gasteiger charge is 2.03. The minimum absolute atomic E-state index is 0.396. The Morgan fingerprint density at radius 1 is 1.09 bits per heavy atom. The minimum atomic E-state index is 0.396. The summed E-state index contributed by atoms with van der Waals surface area (Å²) in [6.45, 7) is 0. The van der Waals surface area contributed by atoms with Crippen molar-refractivity contribution in [1.29, 1.82) is 0 Å². The Balaban J connectivity index is 3.21. The molecule has 1 aromatic rings. The minimum Gasteiger partial charge on any atom is -0.388 e. The Kier molecular flexibility index (Phi) is 2.88. The highest BCUT2D eigenvalue weighted by atomic mass is 35.5. The van der Waals surface area contributed by atoms with Gasteiger partial charge in [-0.2, -0.15) is 0 Å². The van der Waals surface area contributed by atoms with Crippen LogP contribution >= 0.6 is 34.8 Å². The smallest absolute Gasteiger partial charge is 0.0780 e. The number of hydrogen-bond donors (Lipinski definition) is 1. The highest BCUT2D eigenvalue weighted by Crippen LogP contribution is 2.32. The maximum Gasteiger partial charge on any atom is 0.0780 e. The second-order valence-electron chi connectivity index (χ2n) is 2.00. The summed E-state index contributed by atoms with van der Waals surface area (Å²) in [5.74, 6) is 0. The molecule has 0 spiro atoms. The fourth-order valence-corrected chi connectivity index (χ4v) is 1.30. The van der Waals surface area contributed by atoms with E-state index in [0.29, 0.717) is 15.1 Å². The average molecular weight is 210 g/mol. The molecule has 0 radical (unpaired) electrons. The Bertz CT molecular complexity index is 249. The van der Waals surface area contributed by atoms with Gasteiger partial charge in [0.25, 0.3) is 0 Å². The molecular formula is C7H6Cl3N.